The van der Waals surface area contributed by atoms with Crippen LogP contribution in [-0.4, -0.2) is 22.0 Å². The molecule has 0 aliphatic carbocycles. The van der Waals surface area contributed by atoms with E-state index in [0.717, 1.165) is 6.07 Å². The van der Waals surface area contributed by atoms with E-state index in [-0.39, 0.29) is 22.2 Å². The number of nitrogens with one attached hydrogen (secondary N) is 2. The van der Waals surface area contributed by atoms with E-state index in [9.17, 15) is 14.0 Å². The Balaban J connectivity index is 1.74. The number of amides is 2. The van der Waals surface area contributed by atoms with Gasteiger partial charge in [-0.1, -0.05) is 22.8 Å². The molecule has 2 amide bonds. The minimum atomic E-state index is -0.593. The smallest absolute Gasteiger partial charge is 0.275 e. The lowest BCUT2D eigenvalue weighted by Crippen LogP contribution is -2.18. The molecule has 0 atom stereocenters. The molecule has 3 rings (SSSR count). The van der Waals surface area contributed by atoms with Crippen LogP contribution in [0.1, 0.15) is 26.7 Å². The van der Waals surface area contributed by atoms with Gasteiger partial charge in [-0.3, -0.25) is 9.59 Å². The SMILES string of the molecule is Cc1cc(NC(=O)c2cccc(C(=O)Nc3ccc(F)c(Cl)c3)n2)no1. The lowest BCUT2D eigenvalue weighted by Gasteiger charge is -2.07. The third kappa shape index (κ3) is 4.04. The Morgan fingerprint density at radius 2 is 1.77 bits per heavy atom. The van der Waals surface area contributed by atoms with Gasteiger partial charge in [0.1, 0.15) is 23.0 Å². The molecule has 0 unspecified atom stereocenters. The Morgan fingerprint density at radius 1 is 1.08 bits per heavy atom. The van der Waals surface area contributed by atoms with Crippen LogP contribution in [0.4, 0.5) is 15.9 Å². The van der Waals surface area contributed by atoms with Crippen LogP contribution >= 0.6 is 11.6 Å². The predicted molar refractivity (Wildman–Crippen MR) is 92.8 cm³/mol. The molecule has 26 heavy (non-hydrogen) atoms. The van der Waals surface area contributed by atoms with E-state index < -0.39 is 17.6 Å². The third-order valence-corrected chi connectivity index (χ3v) is 3.55. The quantitative estimate of drug-likeness (QED) is 0.726. The second-order valence-corrected chi connectivity index (χ2v) is 5.68. The van der Waals surface area contributed by atoms with E-state index in [1.54, 1.807) is 13.0 Å². The van der Waals surface area contributed by atoms with Gasteiger partial charge in [-0.2, -0.15) is 0 Å². The number of nitrogens with zero attached hydrogens (tertiary/aromatic N) is 2. The van der Waals surface area contributed by atoms with Crippen molar-refractivity contribution in [1.29, 1.82) is 0 Å². The zero-order chi connectivity index (χ0) is 18.7. The molecular weight excluding hydrogens is 363 g/mol. The molecule has 3 aromatic rings. The summed E-state index contributed by atoms with van der Waals surface area (Å²) in [5, 5.41) is 8.58. The van der Waals surface area contributed by atoms with Crippen molar-refractivity contribution in [3.63, 3.8) is 0 Å². The number of benzene rings is 1. The van der Waals surface area contributed by atoms with E-state index in [2.05, 4.69) is 20.8 Å². The van der Waals surface area contributed by atoms with Gasteiger partial charge in [0.15, 0.2) is 5.82 Å². The van der Waals surface area contributed by atoms with Gasteiger partial charge in [-0.25, -0.2) is 9.37 Å². The minimum Gasteiger partial charge on any atom is -0.360 e. The highest BCUT2D eigenvalue weighted by molar-refractivity contribution is 6.31. The van der Waals surface area contributed by atoms with Crippen molar-refractivity contribution in [3.8, 4) is 0 Å². The second kappa shape index (κ2) is 7.32. The maximum Gasteiger partial charge on any atom is 0.275 e. The van der Waals surface area contributed by atoms with E-state index in [1.165, 1.54) is 30.3 Å². The zero-order valence-corrected chi connectivity index (χ0v) is 14.2. The van der Waals surface area contributed by atoms with E-state index >= 15 is 0 Å². The summed E-state index contributed by atoms with van der Waals surface area (Å²) in [6, 6.07) is 9.73. The van der Waals surface area contributed by atoms with Crippen LogP contribution in [0.3, 0.4) is 0 Å². The van der Waals surface area contributed by atoms with Crippen molar-refractivity contribution in [2.24, 2.45) is 0 Å². The lowest BCUT2D eigenvalue weighted by atomic mass is 10.2. The van der Waals surface area contributed by atoms with Crippen molar-refractivity contribution >= 4 is 34.9 Å². The van der Waals surface area contributed by atoms with Crippen molar-refractivity contribution in [2.75, 3.05) is 10.6 Å². The Morgan fingerprint density at radius 3 is 2.38 bits per heavy atom. The molecule has 0 fully saturated rings. The molecule has 2 heterocycles. The van der Waals surface area contributed by atoms with Gasteiger partial charge in [0.2, 0.25) is 0 Å². The second-order valence-electron chi connectivity index (χ2n) is 5.27. The van der Waals surface area contributed by atoms with Crippen LogP contribution in [0.15, 0.2) is 47.0 Å². The van der Waals surface area contributed by atoms with Crippen LogP contribution < -0.4 is 10.6 Å². The number of aryl methyl sites for hydroxylation is 1. The average Bonchev–Trinajstić information content (AvgIpc) is 3.03. The normalized spacial score (nSPS) is 10.4. The number of hydrogen-bond donors (Lipinski definition) is 2. The summed E-state index contributed by atoms with van der Waals surface area (Å²) < 4.78 is 18.0. The lowest BCUT2D eigenvalue weighted by molar-refractivity contribution is 0.101. The number of aromatic nitrogens is 2. The average molecular weight is 375 g/mol. The third-order valence-electron chi connectivity index (χ3n) is 3.26. The number of anilines is 2. The molecule has 1 aromatic carbocycles. The Hall–Kier alpha value is -3.26. The Bertz CT molecular complexity index is 990. The number of hydrogen-bond acceptors (Lipinski definition) is 5. The maximum atomic E-state index is 13.2. The van der Waals surface area contributed by atoms with E-state index in [1.807, 2.05) is 0 Å². The molecule has 0 bridgehead atoms. The number of pyridine rings is 1. The van der Waals surface area contributed by atoms with Crippen molar-refractivity contribution in [3.05, 3.63) is 70.5 Å². The summed E-state index contributed by atoms with van der Waals surface area (Å²) in [6.45, 7) is 1.69. The fraction of sp³-hybridized carbons (Fsp3) is 0.0588. The molecule has 9 heteroatoms. The van der Waals surface area contributed by atoms with Crippen LogP contribution in [0, 0.1) is 12.7 Å². The molecule has 0 saturated heterocycles. The molecular formula is C17H12ClFN4O3. The van der Waals surface area contributed by atoms with Crippen LogP contribution in [0.2, 0.25) is 5.02 Å². The molecule has 0 aliphatic heterocycles. The van der Waals surface area contributed by atoms with Gasteiger partial charge >= 0.3 is 0 Å². The van der Waals surface area contributed by atoms with Crippen molar-refractivity contribution in [2.45, 2.75) is 6.92 Å². The zero-order valence-electron chi connectivity index (χ0n) is 13.4. The summed E-state index contributed by atoms with van der Waals surface area (Å²) in [7, 11) is 0. The van der Waals surface area contributed by atoms with Crippen molar-refractivity contribution in [1.82, 2.24) is 10.1 Å². The molecule has 0 aliphatic rings. The van der Waals surface area contributed by atoms with Gasteiger partial charge < -0.3 is 15.2 Å². The first-order chi connectivity index (χ1) is 12.4. The summed E-state index contributed by atoms with van der Waals surface area (Å²) in [6.07, 6.45) is 0. The van der Waals surface area contributed by atoms with Gasteiger partial charge in [0.05, 0.1) is 5.02 Å². The topological polar surface area (TPSA) is 97.1 Å². The summed E-state index contributed by atoms with van der Waals surface area (Å²) >= 11 is 5.68. The highest BCUT2D eigenvalue weighted by Crippen LogP contribution is 2.19. The number of carbonyl (C=O) groups is 2. The molecule has 0 saturated carbocycles. The van der Waals surface area contributed by atoms with Crippen LogP contribution in [0.25, 0.3) is 0 Å². The largest absolute Gasteiger partial charge is 0.360 e. The predicted octanol–water partition coefficient (Wildman–Crippen LogP) is 3.68. The number of rotatable bonds is 4. The molecule has 7 nitrogen and oxygen atoms in total. The molecule has 132 valence electrons. The first-order valence-electron chi connectivity index (χ1n) is 7.40. The van der Waals surface area contributed by atoms with Gasteiger partial charge in [0, 0.05) is 11.8 Å². The van der Waals surface area contributed by atoms with Crippen LogP contribution in [0.5, 0.6) is 0 Å². The minimum absolute atomic E-state index is 0.00873. The fourth-order valence-corrected chi connectivity index (χ4v) is 2.24. The van der Waals surface area contributed by atoms with Gasteiger partial charge in [0.25, 0.3) is 11.8 Å². The summed E-state index contributed by atoms with van der Waals surface area (Å²) in [5.41, 5.74) is 0.334. The maximum absolute atomic E-state index is 13.2. The fourth-order valence-electron chi connectivity index (χ4n) is 2.06. The summed E-state index contributed by atoms with van der Waals surface area (Å²) in [5.74, 6) is -0.925. The first-order valence-corrected chi connectivity index (χ1v) is 7.78. The van der Waals surface area contributed by atoms with Crippen LogP contribution in [-0.2, 0) is 0 Å². The highest BCUT2D eigenvalue weighted by Gasteiger charge is 2.14. The number of halogens is 2. The highest BCUT2D eigenvalue weighted by atomic mass is 35.5. The first kappa shape index (κ1) is 17.6. The Labute approximate surface area is 152 Å². The molecule has 0 radical (unpaired) electrons. The molecule has 2 aromatic heterocycles. The molecule has 0 spiro atoms. The monoisotopic (exact) mass is 374 g/mol. The summed E-state index contributed by atoms with van der Waals surface area (Å²) in [4.78, 5) is 28.5. The standard InChI is InChI=1S/C17H12ClFN4O3/c1-9-7-15(23-26-9)22-17(25)14-4-2-3-13(21-14)16(24)20-10-5-6-12(19)11(18)8-10/h2-8H,1H3,(H,20,24)(H,22,23,25). The Kier molecular flexibility index (Phi) is 4.94. The van der Waals surface area contributed by atoms with Gasteiger partial charge in [-0.05, 0) is 37.3 Å². The number of carbonyl (C=O) groups excluding carboxylic acids is 2. The van der Waals surface area contributed by atoms with Crippen molar-refractivity contribution < 1.29 is 18.5 Å². The molecule has 2 N–H and O–H groups in total. The van der Waals surface area contributed by atoms with E-state index in [0.29, 0.717) is 11.4 Å². The van der Waals surface area contributed by atoms with Gasteiger partial charge in [-0.15, -0.1) is 0 Å². The van der Waals surface area contributed by atoms with E-state index in [4.69, 9.17) is 16.1 Å².